The number of hydrogen-bond acceptors (Lipinski definition) is 4. The highest BCUT2D eigenvalue weighted by molar-refractivity contribution is 7.98. The summed E-state index contributed by atoms with van der Waals surface area (Å²) in [5, 5.41) is 0. The van der Waals surface area contributed by atoms with Gasteiger partial charge < -0.3 is 5.73 Å². The molecule has 1 aromatic rings. The largest absolute Gasteiger partial charge is 0.330 e. The van der Waals surface area contributed by atoms with Gasteiger partial charge in [-0.15, -0.1) is 24.2 Å². The van der Waals surface area contributed by atoms with Crippen LogP contribution in [0.2, 0.25) is 0 Å². The third kappa shape index (κ3) is 4.93. The summed E-state index contributed by atoms with van der Waals surface area (Å²) in [6, 6.07) is 6.99. The lowest BCUT2D eigenvalue weighted by Crippen LogP contribution is -2.39. The number of benzene rings is 1. The van der Waals surface area contributed by atoms with Crippen molar-refractivity contribution < 1.29 is 8.42 Å². The minimum atomic E-state index is -3.45. The van der Waals surface area contributed by atoms with Gasteiger partial charge in [-0.1, -0.05) is 19.9 Å². The Morgan fingerprint density at radius 2 is 1.95 bits per heavy atom. The van der Waals surface area contributed by atoms with Crippen LogP contribution in [-0.4, -0.2) is 39.1 Å². The summed E-state index contributed by atoms with van der Waals surface area (Å²) in [7, 11) is -1.85. The highest BCUT2D eigenvalue weighted by Crippen LogP contribution is 2.23. The molecule has 0 saturated carbocycles. The van der Waals surface area contributed by atoms with Crippen LogP contribution >= 0.6 is 24.2 Å². The Balaban J connectivity index is 0.00000361. The first-order chi connectivity index (χ1) is 8.73. The molecule has 0 saturated heterocycles. The summed E-state index contributed by atoms with van der Waals surface area (Å²) in [4.78, 5) is 1.27. The third-order valence-electron chi connectivity index (χ3n) is 2.95. The van der Waals surface area contributed by atoms with Gasteiger partial charge in [-0.3, -0.25) is 0 Å². The molecule has 0 aliphatic carbocycles. The highest BCUT2D eigenvalue weighted by atomic mass is 35.5. The smallest absolute Gasteiger partial charge is 0.242 e. The molecule has 116 valence electrons. The van der Waals surface area contributed by atoms with Crippen LogP contribution in [0.3, 0.4) is 0 Å². The summed E-state index contributed by atoms with van der Waals surface area (Å²) >= 11 is 1.53. The lowest BCUT2D eigenvalue weighted by molar-refractivity contribution is 0.292. The molecule has 0 atom stereocenters. The van der Waals surface area contributed by atoms with Crippen molar-refractivity contribution in [2.24, 2.45) is 11.1 Å². The standard InChI is InChI=1S/C13H22N2O2S2.ClH/c1-13(2,9-14)10-15(3)19(16,17)12-7-5-6-11(8-12)18-4;/h5-8H,9-10,14H2,1-4H3;1H. The van der Waals surface area contributed by atoms with Gasteiger partial charge in [0.1, 0.15) is 0 Å². The van der Waals surface area contributed by atoms with E-state index in [4.69, 9.17) is 5.73 Å². The summed E-state index contributed by atoms with van der Waals surface area (Å²) in [5.41, 5.74) is 5.42. The van der Waals surface area contributed by atoms with E-state index in [-0.39, 0.29) is 17.8 Å². The van der Waals surface area contributed by atoms with Gasteiger partial charge in [-0.05, 0) is 36.4 Å². The molecular weight excluding hydrogens is 316 g/mol. The zero-order chi connectivity index (χ0) is 14.7. The summed E-state index contributed by atoms with van der Waals surface area (Å²) < 4.78 is 26.3. The van der Waals surface area contributed by atoms with Gasteiger partial charge in [0.25, 0.3) is 0 Å². The molecule has 0 aliphatic heterocycles. The van der Waals surface area contributed by atoms with Crippen LogP contribution in [0.5, 0.6) is 0 Å². The van der Waals surface area contributed by atoms with E-state index in [1.165, 1.54) is 16.1 Å². The minimum Gasteiger partial charge on any atom is -0.330 e. The fourth-order valence-electron chi connectivity index (χ4n) is 1.69. The molecule has 0 amide bonds. The van der Waals surface area contributed by atoms with Gasteiger partial charge in [-0.2, -0.15) is 0 Å². The third-order valence-corrected chi connectivity index (χ3v) is 5.48. The van der Waals surface area contributed by atoms with E-state index < -0.39 is 10.0 Å². The first-order valence-electron chi connectivity index (χ1n) is 6.03. The fourth-order valence-corrected chi connectivity index (χ4v) is 3.63. The van der Waals surface area contributed by atoms with E-state index in [1.54, 1.807) is 25.2 Å². The van der Waals surface area contributed by atoms with E-state index in [0.29, 0.717) is 18.0 Å². The summed E-state index contributed by atoms with van der Waals surface area (Å²) in [6.07, 6.45) is 1.92. The van der Waals surface area contributed by atoms with Crippen molar-refractivity contribution in [3.63, 3.8) is 0 Å². The number of nitrogens with two attached hydrogens (primary N) is 1. The van der Waals surface area contributed by atoms with Gasteiger partial charge in [0.05, 0.1) is 4.90 Å². The first-order valence-corrected chi connectivity index (χ1v) is 8.70. The lowest BCUT2D eigenvalue weighted by Gasteiger charge is -2.28. The molecule has 0 aliphatic rings. The van der Waals surface area contributed by atoms with Gasteiger partial charge >= 0.3 is 0 Å². The molecule has 4 nitrogen and oxygen atoms in total. The van der Waals surface area contributed by atoms with Crippen molar-refractivity contribution in [3.05, 3.63) is 24.3 Å². The summed E-state index contributed by atoms with van der Waals surface area (Å²) in [5.74, 6) is 0. The van der Waals surface area contributed by atoms with Crippen molar-refractivity contribution in [1.29, 1.82) is 0 Å². The maximum Gasteiger partial charge on any atom is 0.242 e. The van der Waals surface area contributed by atoms with Crippen LogP contribution < -0.4 is 5.73 Å². The van der Waals surface area contributed by atoms with Crippen LogP contribution in [-0.2, 0) is 10.0 Å². The normalized spacial score (nSPS) is 12.3. The molecular formula is C13H23ClN2O2S2. The maximum atomic E-state index is 12.5. The van der Waals surface area contributed by atoms with Crippen LogP contribution in [0, 0.1) is 5.41 Å². The van der Waals surface area contributed by atoms with E-state index >= 15 is 0 Å². The van der Waals surface area contributed by atoms with Gasteiger partial charge in [0, 0.05) is 18.5 Å². The van der Waals surface area contributed by atoms with E-state index in [1.807, 2.05) is 26.2 Å². The predicted molar refractivity (Wildman–Crippen MR) is 88.1 cm³/mol. The van der Waals surface area contributed by atoms with Crippen molar-refractivity contribution in [2.75, 3.05) is 26.4 Å². The van der Waals surface area contributed by atoms with E-state index in [2.05, 4.69) is 0 Å². The zero-order valence-corrected chi connectivity index (χ0v) is 14.7. The zero-order valence-electron chi connectivity index (χ0n) is 12.3. The second kappa shape index (κ2) is 7.66. The molecule has 0 fully saturated rings. The van der Waals surface area contributed by atoms with Gasteiger partial charge in [0.2, 0.25) is 10.0 Å². The topological polar surface area (TPSA) is 63.4 Å². The Bertz CT molecular complexity index is 533. The number of nitrogens with zero attached hydrogens (tertiary/aromatic N) is 1. The monoisotopic (exact) mass is 338 g/mol. The molecule has 0 unspecified atom stereocenters. The molecule has 1 aromatic carbocycles. The first kappa shape index (κ1) is 19.7. The van der Waals surface area contributed by atoms with Gasteiger partial charge in [-0.25, -0.2) is 12.7 Å². The number of hydrogen-bond donors (Lipinski definition) is 1. The molecule has 2 N–H and O–H groups in total. The SMILES string of the molecule is CSc1cccc(S(=O)(=O)N(C)CC(C)(C)CN)c1.Cl. The lowest BCUT2D eigenvalue weighted by atomic mass is 9.94. The Morgan fingerprint density at radius 3 is 2.45 bits per heavy atom. The molecule has 7 heteroatoms. The Morgan fingerprint density at radius 1 is 1.35 bits per heavy atom. The number of rotatable bonds is 6. The number of halogens is 1. The molecule has 20 heavy (non-hydrogen) atoms. The quantitative estimate of drug-likeness (QED) is 0.809. The van der Waals surface area contributed by atoms with E-state index in [9.17, 15) is 8.42 Å². The number of sulfonamides is 1. The summed E-state index contributed by atoms with van der Waals surface area (Å²) in [6.45, 7) is 4.75. The van der Waals surface area contributed by atoms with Crippen molar-refractivity contribution >= 4 is 34.2 Å². The van der Waals surface area contributed by atoms with Crippen LogP contribution in [0.1, 0.15) is 13.8 Å². The second-order valence-electron chi connectivity index (χ2n) is 5.31. The van der Waals surface area contributed by atoms with Crippen LogP contribution in [0.25, 0.3) is 0 Å². The van der Waals surface area contributed by atoms with Crippen molar-refractivity contribution in [1.82, 2.24) is 4.31 Å². The number of thioether (sulfide) groups is 1. The second-order valence-corrected chi connectivity index (χ2v) is 8.23. The fraction of sp³-hybridized carbons (Fsp3) is 0.538. The molecule has 0 spiro atoms. The maximum absolute atomic E-state index is 12.5. The average molecular weight is 339 g/mol. The van der Waals surface area contributed by atoms with Crippen LogP contribution in [0.4, 0.5) is 0 Å². The molecule has 0 radical (unpaired) electrons. The molecule has 1 rings (SSSR count). The Kier molecular flexibility index (Phi) is 7.55. The van der Waals surface area contributed by atoms with Gasteiger partial charge in [0.15, 0.2) is 0 Å². The predicted octanol–water partition coefficient (Wildman–Crippen LogP) is 2.44. The molecule has 0 bridgehead atoms. The average Bonchev–Trinajstić information content (AvgIpc) is 2.38. The Labute approximate surface area is 132 Å². The minimum absolute atomic E-state index is 0. The Hall–Kier alpha value is -0.270. The molecule has 0 aromatic heterocycles. The van der Waals surface area contributed by atoms with Crippen molar-refractivity contribution in [2.45, 2.75) is 23.6 Å². The van der Waals surface area contributed by atoms with E-state index in [0.717, 1.165) is 4.90 Å². The molecule has 0 heterocycles. The highest BCUT2D eigenvalue weighted by Gasteiger charge is 2.27. The van der Waals surface area contributed by atoms with Crippen LogP contribution in [0.15, 0.2) is 34.1 Å². The van der Waals surface area contributed by atoms with Crippen molar-refractivity contribution in [3.8, 4) is 0 Å².